The first kappa shape index (κ1) is 7.47. The van der Waals surface area contributed by atoms with E-state index in [4.69, 9.17) is 0 Å². The summed E-state index contributed by atoms with van der Waals surface area (Å²) < 4.78 is 29.0. The lowest BCUT2D eigenvalue weighted by Gasteiger charge is -1.96. The summed E-state index contributed by atoms with van der Waals surface area (Å²) in [5.41, 5.74) is 0. The Balaban J connectivity index is 3.07. The van der Waals surface area contributed by atoms with Crippen LogP contribution in [0.2, 0.25) is 0 Å². The van der Waals surface area contributed by atoms with E-state index < -0.39 is 11.6 Å². The highest BCUT2D eigenvalue weighted by Crippen LogP contribution is 2.18. The number of hydrogen-bond acceptors (Lipinski definition) is 1. The van der Waals surface area contributed by atoms with Crippen LogP contribution in [0.3, 0.4) is 0 Å². The highest BCUT2D eigenvalue weighted by Gasteiger charge is 2.02. The normalized spacial score (nSPS) is 9.50. The lowest BCUT2D eigenvalue weighted by molar-refractivity contribution is 0.535. The minimum atomic E-state index is -0.725. The molecule has 0 aliphatic heterocycles. The zero-order chi connectivity index (χ0) is 7.56. The van der Waals surface area contributed by atoms with Crippen LogP contribution in [0.4, 0.5) is 8.78 Å². The highest BCUT2D eigenvalue weighted by molar-refractivity contribution is 9.06. The third-order valence-corrected chi connectivity index (χ3v) is 1.33. The van der Waals surface area contributed by atoms with Crippen LogP contribution in [0.5, 0.6) is 5.75 Å². The molecule has 1 nitrogen and oxygen atoms in total. The summed E-state index contributed by atoms with van der Waals surface area (Å²) in [4.78, 5) is 0. The highest BCUT2D eigenvalue weighted by atomic mass is 79.9. The maximum atomic E-state index is 12.5. The van der Waals surface area contributed by atoms with Crippen molar-refractivity contribution in [2.24, 2.45) is 0 Å². The van der Waals surface area contributed by atoms with E-state index in [0.29, 0.717) is 0 Å². The van der Waals surface area contributed by atoms with Gasteiger partial charge in [0.05, 0.1) is 0 Å². The zero-order valence-corrected chi connectivity index (χ0v) is 6.36. The molecule has 0 aliphatic carbocycles. The van der Waals surface area contributed by atoms with Crippen LogP contribution in [0.25, 0.3) is 0 Å². The molecule has 0 amide bonds. The Hall–Kier alpha value is -0.640. The molecule has 0 radical (unpaired) electrons. The van der Waals surface area contributed by atoms with Gasteiger partial charge in [0.25, 0.3) is 0 Å². The van der Waals surface area contributed by atoms with Gasteiger partial charge < -0.3 is 3.83 Å². The molecule has 0 fully saturated rings. The Morgan fingerprint density at radius 1 is 1.30 bits per heavy atom. The number of rotatable bonds is 1. The Labute approximate surface area is 65.1 Å². The minimum absolute atomic E-state index is 0.0265. The van der Waals surface area contributed by atoms with Gasteiger partial charge in [-0.3, -0.25) is 0 Å². The van der Waals surface area contributed by atoms with E-state index in [2.05, 4.69) is 20.1 Å². The first-order chi connectivity index (χ1) is 4.74. The second-order valence-corrected chi connectivity index (χ2v) is 1.98. The standard InChI is InChI=1S/C6H3BrF2O/c7-10-6-2-1-4(8)3-5(6)9/h1-3H. The van der Waals surface area contributed by atoms with Gasteiger partial charge in [0.1, 0.15) is 5.82 Å². The quantitative estimate of drug-likeness (QED) is 0.690. The van der Waals surface area contributed by atoms with E-state index in [0.717, 1.165) is 12.1 Å². The molecular weight excluding hydrogens is 206 g/mol. The van der Waals surface area contributed by atoms with E-state index in [9.17, 15) is 8.78 Å². The molecule has 0 aromatic heterocycles. The van der Waals surface area contributed by atoms with Crippen LogP contribution < -0.4 is 3.83 Å². The second kappa shape index (κ2) is 2.96. The topological polar surface area (TPSA) is 9.23 Å². The van der Waals surface area contributed by atoms with Crippen molar-refractivity contribution in [1.82, 2.24) is 0 Å². The van der Waals surface area contributed by atoms with Crippen LogP contribution in [0, 0.1) is 11.6 Å². The van der Waals surface area contributed by atoms with Crippen LogP contribution in [-0.4, -0.2) is 0 Å². The van der Waals surface area contributed by atoms with E-state index in [-0.39, 0.29) is 5.75 Å². The van der Waals surface area contributed by atoms with Gasteiger partial charge in [-0.25, -0.2) is 8.78 Å². The number of hydrogen-bond donors (Lipinski definition) is 0. The first-order valence-electron chi connectivity index (χ1n) is 2.47. The summed E-state index contributed by atoms with van der Waals surface area (Å²) in [6.07, 6.45) is 0. The van der Waals surface area contributed by atoms with Crippen molar-refractivity contribution in [3.8, 4) is 5.75 Å². The number of benzene rings is 1. The van der Waals surface area contributed by atoms with Gasteiger partial charge in [0.2, 0.25) is 0 Å². The average Bonchev–Trinajstić information content (AvgIpc) is 1.88. The van der Waals surface area contributed by atoms with Crippen molar-refractivity contribution in [3.63, 3.8) is 0 Å². The molecule has 0 N–H and O–H groups in total. The molecule has 4 heteroatoms. The van der Waals surface area contributed by atoms with Crippen LogP contribution in [0.15, 0.2) is 18.2 Å². The summed E-state index contributed by atoms with van der Waals surface area (Å²) in [5, 5.41) is 0. The third-order valence-electron chi connectivity index (χ3n) is 0.977. The molecule has 0 saturated heterocycles. The van der Waals surface area contributed by atoms with Gasteiger partial charge in [-0.15, -0.1) is 0 Å². The fourth-order valence-corrected chi connectivity index (χ4v) is 0.800. The van der Waals surface area contributed by atoms with Gasteiger partial charge in [-0.05, 0) is 12.1 Å². The van der Waals surface area contributed by atoms with E-state index in [1.165, 1.54) is 6.07 Å². The molecule has 0 aliphatic rings. The molecule has 0 atom stereocenters. The summed E-state index contributed by atoms with van der Waals surface area (Å²) >= 11 is 2.57. The SMILES string of the molecule is Fc1ccc(OBr)c(F)c1. The Kier molecular flexibility index (Phi) is 2.21. The summed E-state index contributed by atoms with van der Waals surface area (Å²) in [6.45, 7) is 0. The lowest BCUT2D eigenvalue weighted by Crippen LogP contribution is -1.82. The molecule has 10 heavy (non-hydrogen) atoms. The van der Waals surface area contributed by atoms with Crippen molar-refractivity contribution in [2.75, 3.05) is 0 Å². The molecule has 1 aromatic carbocycles. The smallest absolute Gasteiger partial charge is 0.179 e. The first-order valence-corrected chi connectivity index (χ1v) is 3.12. The van der Waals surface area contributed by atoms with Gasteiger partial charge >= 0.3 is 0 Å². The molecule has 0 unspecified atom stereocenters. The van der Waals surface area contributed by atoms with Gasteiger partial charge in [0, 0.05) is 6.07 Å². The lowest BCUT2D eigenvalue weighted by atomic mass is 10.3. The van der Waals surface area contributed by atoms with Crippen LogP contribution in [0.1, 0.15) is 0 Å². The van der Waals surface area contributed by atoms with E-state index in [1.54, 1.807) is 0 Å². The third kappa shape index (κ3) is 1.44. The van der Waals surface area contributed by atoms with Crippen molar-refractivity contribution in [2.45, 2.75) is 0 Å². The predicted octanol–water partition coefficient (Wildman–Crippen LogP) is 2.65. The predicted molar refractivity (Wildman–Crippen MR) is 35.9 cm³/mol. The molecular formula is C6H3BrF2O. The summed E-state index contributed by atoms with van der Waals surface area (Å²) in [7, 11) is 0. The average molecular weight is 209 g/mol. The molecule has 1 aromatic rings. The Morgan fingerprint density at radius 3 is 2.50 bits per heavy atom. The van der Waals surface area contributed by atoms with E-state index in [1.807, 2.05) is 0 Å². The Morgan fingerprint density at radius 2 is 2.00 bits per heavy atom. The Bertz CT molecular complexity index is 239. The zero-order valence-electron chi connectivity index (χ0n) is 4.77. The second-order valence-electron chi connectivity index (χ2n) is 1.65. The van der Waals surface area contributed by atoms with Crippen molar-refractivity contribution in [1.29, 1.82) is 0 Å². The monoisotopic (exact) mass is 208 g/mol. The van der Waals surface area contributed by atoms with Gasteiger partial charge in [-0.1, -0.05) is 0 Å². The molecule has 0 bridgehead atoms. The van der Waals surface area contributed by atoms with Crippen molar-refractivity contribution in [3.05, 3.63) is 29.8 Å². The molecule has 1 rings (SSSR count). The molecule has 0 heterocycles. The van der Waals surface area contributed by atoms with Crippen LogP contribution >= 0.6 is 16.3 Å². The van der Waals surface area contributed by atoms with Crippen LogP contribution in [-0.2, 0) is 0 Å². The van der Waals surface area contributed by atoms with E-state index >= 15 is 0 Å². The van der Waals surface area contributed by atoms with Gasteiger partial charge in [-0.2, -0.15) is 0 Å². The summed E-state index contributed by atoms with van der Waals surface area (Å²) in [5.74, 6) is -1.37. The fourth-order valence-electron chi connectivity index (χ4n) is 0.538. The fraction of sp³-hybridized carbons (Fsp3) is 0. The maximum absolute atomic E-state index is 12.5. The molecule has 0 spiro atoms. The molecule has 54 valence electrons. The van der Waals surface area contributed by atoms with Crippen molar-refractivity contribution < 1.29 is 12.6 Å². The minimum Gasteiger partial charge on any atom is -0.415 e. The molecule has 0 saturated carbocycles. The number of halogens is 3. The summed E-state index contributed by atoms with van der Waals surface area (Å²) in [6, 6.07) is 3.05. The van der Waals surface area contributed by atoms with Crippen molar-refractivity contribution >= 4 is 16.3 Å². The largest absolute Gasteiger partial charge is 0.415 e. The van der Waals surface area contributed by atoms with Gasteiger partial charge in [0.15, 0.2) is 27.8 Å². The maximum Gasteiger partial charge on any atom is 0.179 e.